The van der Waals surface area contributed by atoms with Crippen molar-refractivity contribution in [1.29, 1.82) is 0 Å². The third-order valence-electron chi connectivity index (χ3n) is 6.55. The average Bonchev–Trinajstić information content (AvgIpc) is 3.60. The van der Waals surface area contributed by atoms with Gasteiger partial charge in [-0.2, -0.15) is 13.2 Å². The first-order valence-corrected chi connectivity index (χ1v) is 13.6. The molecule has 0 saturated heterocycles. The fraction of sp³-hybridized carbons (Fsp3) is 0.407. The van der Waals surface area contributed by atoms with Crippen LogP contribution in [-0.2, 0) is 29.5 Å². The van der Waals surface area contributed by atoms with E-state index in [1.807, 2.05) is 0 Å². The molecule has 0 radical (unpaired) electrons. The monoisotopic (exact) mass is 649 g/mol. The number of rotatable bonds is 8. The van der Waals surface area contributed by atoms with E-state index in [1.165, 1.54) is 18.2 Å². The van der Waals surface area contributed by atoms with Crippen LogP contribution in [0, 0.1) is 12.7 Å². The second-order valence-electron chi connectivity index (χ2n) is 9.33. The number of nitrogens with zero attached hydrogens (tertiary/aromatic N) is 3. The van der Waals surface area contributed by atoms with Crippen LogP contribution in [0.5, 0.6) is 0 Å². The van der Waals surface area contributed by atoms with Crippen LogP contribution >= 0.6 is 23.2 Å². The van der Waals surface area contributed by atoms with Gasteiger partial charge < -0.3 is 23.9 Å². The summed E-state index contributed by atoms with van der Waals surface area (Å²) in [6.07, 6.45) is -7.68. The number of carbonyl (C=O) groups excluding carboxylic acids is 2. The van der Waals surface area contributed by atoms with Crippen LogP contribution in [0.3, 0.4) is 0 Å². The molecular weight excluding hydrogens is 625 g/mol. The van der Waals surface area contributed by atoms with Gasteiger partial charge in [0.25, 0.3) is 11.5 Å². The molecule has 2 aliphatic heterocycles. The van der Waals surface area contributed by atoms with E-state index < -0.39 is 64.6 Å². The van der Waals surface area contributed by atoms with Gasteiger partial charge >= 0.3 is 12.3 Å². The van der Waals surface area contributed by atoms with E-state index in [0.29, 0.717) is 12.2 Å². The topological polar surface area (TPSA) is 108 Å². The number of amides is 1. The summed E-state index contributed by atoms with van der Waals surface area (Å²) in [7, 11) is 0. The van der Waals surface area contributed by atoms with E-state index in [-0.39, 0.29) is 35.8 Å². The predicted octanol–water partition coefficient (Wildman–Crippen LogP) is 6.69. The van der Waals surface area contributed by atoms with Crippen LogP contribution in [0.15, 0.2) is 40.6 Å². The molecule has 0 bridgehead atoms. The van der Waals surface area contributed by atoms with E-state index in [1.54, 1.807) is 20.8 Å². The number of hydrogen-bond donors (Lipinski definition) is 0. The number of benzene rings is 2. The van der Waals surface area contributed by atoms with Gasteiger partial charge in [-0.05, 0) is 61.3 Å². The van der Waals surface area contributed by atoms with Crippen molar-refractivity contribution in [3.63, 3.8) is 0 Å². The van der Waals surface area contributed by atoms with Gasteiger partial charge in [-0.1, -0.05) is 34.4 Å². The summed E-state index contributed by atoms with van der Waals surface area (Å²) in [5.41, 5.74) is -2.89. The molecule has 0 saturated carbocycles. The lowest BCUT2D eigenvalue weighted by Gasteiger charge is -2.29. The first-order chi connectivity index (χ1) is 20.3. The highest BCUT2D eigenvalue weighted by Crippen LogP contribution is 2.50. The first-order valence-electron chi connectivity index (χ1n) is 12.8. The Morgan fingerprint density at radius 2 is 1.79 bits per heavy atom. The summed E-state index contributed by atoms with van der Waals surface area (Å²) in [5.74, 6) is -1.45. The lowest BCUT2D eigenvalue weighted by molar-refractivity contribution is -0.275. The number of alkyl halides is 3. The minimum absolute atomic E-state index is 0.0509. The quantitative estimate of drug-likeness (QED) is 0.136. The van der Waals surface area contributed by atoms with Crippen LogP contribution in [0.25, 0.3) is 0 Å². The Kier molecular flexibility index (Phi) is 9.60. The molecule has 232 valence electrons. The number of oxime groups is 2. The lowest BCUT2D eigenvalue weighted by atomic mass is 9.86. The van der Waals surface area contributed by atoms with Crippen molar-refractivity contribution in [2.45, 2.75) is 51.6 Å². The van der Waals surface area contributed by atoms with Crippen molar-refractivity contribution in [3.05, 3.63) is 68.4 Å². The minimum atomic E-state index is -4.99. The second kappa shape index (κ2) is 12.8. The molecule has 1 amide bonds. The van der Waals surface area contributed by atoms with Crippen LogP contribution in [-0.4, -0.2) is 60.9 Å². The van der Waals surface area contributed by atoms with E-state index in [2.05, 4.69) is 10.3 Å². The van der Waals surface area contributed by atoms with Gasteiger partial charge in [0, 0.05) is 17.5 Å². The molecule has 0 fully saturated rings. The summed E-state index contributed by atoms with van der Waals surface area (Å²) >= 11 is 11.5. The second-order valence-corrected chi connectivity index (χ2v) is 10.1. The van der Waals surface area contributed by atoms with Gasteiger partial charge in [-0.15, -0.1) is 0 Å². The summed E-state index contributed by atoms with van der Waals surface area (Å²) in [5, 5.41) is 6.28. The zero-order valence-corrected chi connectivity index (χ0v) is 24.5. The molecule has 4 rings (SSSR count). The van der Waals surface area contributed by atoms with Gasteiger partial charge in [0.15, 0.2) is 12.5 Å². The highest BCUT2D eigenvalue weighted by molar-refractivity contribution is 6.35. The third-order valence-corrected chi connectivity index (χ3v) is 7.10. The maximum Gasteiger partial charge on any atom is 0.510 e. The third kappa shape index (κ3) is 6.59. The first kappa shape index (κ1) is 32.1. The Balaban J connectivity index is 1.59. The number of halogens is 6. The summed E-state index contributed by atoms with van der Waals surface area (Å²) in [6, 6.07) is 5.81. The van der Waals surface area contributed by atoms with Crippen LogP contribution in [0.4, 0.5) is 22.4 Å². The SMILES string of the molecule is CCOC(=O)OCN(C(=O)c1ccc(C2=NO[C@@](c3cc(Cl)c(F)c(Cl)c3)(C(F)(F)F)C2)cc1C)C1CC(OCC)=NO1. The summed E-state index contributed by atoms with van der Waals surface area (Å²) < 4.78 is 72.3. The van der Waals surface area contributed by atoms with E-state index in [4.69, 9.17) is 47.1 Å². The standard InChI is InChI=1S/C27H25Cl2F4N3O7/c1-4-39-21-11-22(42-35-21)36(13-41-25(38)40-5-2)24(37)17-7-6-15(8-14(17)3)20-12-26(43-34-20,27(31,32)33)16-9-18(28)23(30)19(29)10-16/h6-10,22H,4-5,11-13H2,1-3H3/t22?,26-/m0/s1. The Labute approximate surface area is 253 Å². The highest BCUT2D eigenvalue weighted by atomic mass is 35.5. The number of hydrogen-bond acceptors (Lipinski definition) is 9. The fourth-order valence-electron chi connectivity index (χ4n) is 4.40. The molecule has 16 heteroatoms. The van der Waals surface area contributed by atoms with Gasteiger partial charge in [0.2, 0.25) is 12.1 Å². The van der Waals surface area contributed by atoms with E-state index in [9.17, 15) is 27.2 Å². The minimum Gasteiger partial charge on any atom is -0.479 e. The molecule has 43 heavy (non-hydrogen) atoms. The molecule has 2 heterocycles. The fourth-order valence-corrected chi connectivity index (χ4v) is 4.89. The zero-order valence-electron chi connectivity index (χ0n) is 23.0. The summed E-state index contributed by atoms with van der Waals surface area (Å²) in [4.78, 5) is 36.8. The van der Waals surface area contributed by atoms with Gasteiger partial charge in [0.05, 0.1) is 35.4 Å². The molecule has 1 unspecified atom stereocenters. The number of aryl methyl sites for hydroxylation is 1. The van der Waals surface area contributed by atoms with Crippen molar-refractivity contribution in [2.24, 2.45) is 10.3 Å². The molecule has 2 aliphatic rings. The lowest BCUT2D eigenvalue weighted by Crippen LogP contribution is -2.43. The molecule has 0 aromatic heterocycles. The van der Waals surface area contributed by atoms with Crippen LogP contribution in [0.2, 0.25) is 10.0 Å². The molecule has 0 N–H and O–H groups in total. The van der Waals surface area contributed by atoms with Crippen LogP contribution in [0.1, 0.15) is 53.7 Å². The molecule has 0 aliphatic carbocycles. The predicted molar refractivity (Wildman–Crippen MR) is 145 cm³/mol. The summed E-state index contributed by atoms with van der Waals surface area (Å²) in [6.45, 7) is 4.71. The zero-order chi connectivity index (χ0) is 31.5. The van der Waals surface area contributed by atoms with Crippen molar-refractivity contribution >= 4 is 46.9 Å². The molecular formula is C27H25Cl2F4N3O7. The maximum absolute atomic E-state index is 14.4. The van der Waals surface area contributed by atoms with Crippen molar-refractivity contribution in [1.82, 2.24) is 4.90 Å². The smallest absolute Gasteiger partial charge is 0.479 e. The van der Waals surface area contributed by atoms with Crippen molar-refractivity contribution in [2.75, 3.05) is 19.9 Å². The van der Waals surface area contributed by atoms with Gasteiger partial charge in [0.1, 0.15) is 0 Å². The Hall–Kier alpha value is -3.78. The van der Waals surface area contributed by atoms with E-state index in [0.717, 1.165) is 17.0 Å². The molecule has 10 nitrogen and oxygen atoms in total. The molecule has 0 spiro atoms. The number of carbonyl (C=O) groups is 2. The molecule has 2 aromatic carbocycles. The average molecular weight is 650 g/mol. The van der Waals surface area contributed by atoms with Crippen molar-refractivity contribution < 1.29 is 51.0 Å². The normalized spacial score (nSPS) is 19.6. The Bertz CT molecular complexity index is 1450. The van der Waals surface area contributed by atoms with Gasteiger partial charge in [-0.3, -0.25) is 9.69 Å². The largest absolute Gasteiger partial charge is 0.510 e. The molecule has 2 atom stereocenters. The Morgan fingerprint density at radius 1 is 1.09 bits per heavy atom. The van der Waals surface area contributed by atoms with Gasteiger partial charge in [-0.25, -0.2) is 9.18 Å². The van der Waals surface area contributed by atoms with Crippen LogP contribution < -0.4 is 0 Å². The maximum atomic E-state index is 14.4. The van der Waals surface area contributed by atoms with E-state index >= 15 is 0 Å². The Morgan fingerprint density at radius 3 is 2.40 bits per heavy atom. The highest BCUT2D eigenvalue weighted by Gasteiger charge is 2.62. The van der Waals surface area contributed by atoms with Crippen molar-refractivity contribution in [3.8, 4) is 0 Å². The number of ether oxygens (including phenoxy) is 3. The molecule has 2 aromatic rings.